The summed E-state index contributed by atoms with van der Waals surface area (Å²) in [6.45, 7) is 12.7. The molecule has 0 radical (unpaired) electrons. The maximum Gasteiger partial charge on any atom is 0.261 e. The largest absolute Gasteiger partial charge is 0.334 e. The lowest BCUT2D eigenvalue weighted by atomic mass is 9.80. The van der Waals surface area contributed by atoms with Crippen LogP contribution in [0, 0.1) is 26.7 Å². The first-order valence-corrected chi connectivity index (χ1v) is 14.4. The van der Waals surface area contributed by atoms with E-state index in [1.54, 1.807) is 0 Å². The average Bonchev–Trinajstić information content (AvgIpc) is 3.21. The molecule has 1 fully saturated rings. The van der Waals surface area contributed by atoms with Gasteiger partial charge in [0.05, 0.1) is 5.69 Å². The quantitative estimate of drug-likeness (QED) is 0.477. The SMILES string of the molecule is CC[C@@H](c1sc2c(c1C)CN(C(=O)c1c(C)cc(C)[nH]c1=O)CC2)C1CCN(Cc2ccccn2)CC1. The van der Waals surface area contributed by atoms with Crippen LogP contribution in [0.4, 0.5) is 0 Å². The Morgan fingerprint density at radius 1 is 1.19 bits per heavy atom. The van der Waals surface area contributed by atoms with Gasteiger partial charge in [-0.3, -0.25) is 19.5 Å². The number of hydrogen-bond donors (Lipinski definition) is 1. The summed E-state index contributed by atoms with van der Waals surface area (Å²) >= 11 is 1.98. The standard InChI is InChI=1S/C30H38N4O2S/c1-5-24(22-9-13-33(14-10-22)17-23-8-6-7-12-31-23)28-21(4)25-18-34(15-11-26(25)37-28)30(36)27-19(2)16-20(3)32-29(27)35/h6-8,12,16,22,24H,5,9-11,13-15,17-18H2,1-4H3,(H,32,35)/t24-/m1/s1. The molecule has 1 amide bonds. The molecular formula is C30H38N4O2S. The van der Waals surface area contributed by atoms with E-state index in [-0.39, 0.29) is 17.0 Å². The molecule has 2 aliphatic rings. The number of nitrogens with zero attached hydrogens (tertiary/aromatic N) is 3. The van der Waals surface area contributed by atoms with Crippen LogP contribution in [0.25, 0.3) is 0 Å². The molecule has 7 heteroatoms. The van der Waals surface area contributed by atoms with E-state index in [0.717, 1.165) is 49.4 Å². The van der Waals surface area contributed by atoms with Crippen molar-refractivity contribution in [1.82, 2.24) is 19.8 Å². The van der Waals surface area contributed by atoms with Crippen LogP contribution in [-0.2, 0) is 19.5 Å². The third-order valence-electron chi connectivity index (χ3n) is 8.31. The van der Waals surface area contributed by atoms with Gasteiger partial charge < -0.3 is 9.88 Å². The molecule has 6 nitrogen and oxygen atoms in total. The van der Waals surface area contributed by atoms with Gasteiger partial charge in [-0.15, -0.1) is 11.3 Å². The molecule has 1 saturated heterocycles. The van der Waals surface area contributed by atoms with Crippen molar-refractivity contribution in [1.29, 1.82) is 0 Å². The van der Waals surface area contributed by atoms with E-state index in [2.05, 4.69) is 40.8 Å². The molecule has 196 valence electrons. The van der Waals surface area contributed by atoms with E-state index in [4.69, 9.17) is 0 Å². The second-order valence-electron chi connectivity index (χ2n) is 10.8. The fourth-order valence-electron chi connectivity index (χ4n) is 6.32. The van der Waals surface area contributed by atoms with Crippen molar-refractivity contribution in [3.8, 4) is 0 Å². The number of pyridine rings is 2. The predicted molar refractivity (Wildman–Crippen MR) is 149 cm³/mol. The first kappa shape index (κ1) is 25.9. The van der Waals surface area contributed by atoms with Gasteiger partial charge in [0.1, 0.15) is 5.56 Å². The molecule has 2 aliphatic heterocycles. The molecule has 0 aliphatic carbocycles. The van der Waals surface area contributed by atoms with Gasteiger partial charge in [0.25, 0.3) is 11.5 Å². The normalized spacial score (nSPS) is 17.6. The number of thiophene rings is 1. The van der Waals surface area contributed by atoms with Crippen molar-refractivity contribution < 1.29 is 4.79 Å². The molecule has 5 rings (SSSR count). The van der Waals surface area contributed by atoms with E-state index in [9.17, 15) is 9.59 Å². The fraction of sp³-hybridized carbons (Fsp3) is 0.500. The number of hydrogen-bond acceptors (Lipinski definition) is 5. The van der Waals surface area contributed by atoms with Crippen molar-refractivity contribution in [2.24, 2.45) is 5.92 Å². The molecule has 0 aromatic carbocycles. The summed E-state index contributed by atoms with van der Waals surface area (Å²) in [6.07, 6.45) is 6.33. The highest BCUT2D eigenvalue weighted by Crippen LogP contribution is 2.44. The lowest BCUT2D eigenvalue weighted by Crippen LogP contribution is -2.39. The minimum Gasteiger partial charge on any atom is -0.334 e. The molecular weight excluding hydrogens is 480 g/mol. The number of likely N-dealkylation sites (tertiary alicyclic amines) is 1. The Morgan fingerprint density at radius 2 is 1.97 bits per heavy atom. The Morgan fingerprint density at radius 3 is 2.65 bits per heavy atom. The van der Waals surface area contributed by atoms with Gasteiger partial charge in [-0.25, -0.2) is 0 Å². The lowest BCUT2D eigenvalue weighted by Gasteiger charge is -2.35. The van der Waals surface area contributed by atoms with Crippen molar-refractivity contribution >= 4 is 17.2 Å². The zero-order valence-electron chi connectivity index (χ0n) is 22.5. The summed E-state index contributed by atoms with van der Waals surface area (Å²) in [6, 6.07) is 8.04. The molecule has 5 heterocycles. The zero-order valence-corrected chi connectivity index (χ0v) is 23.3. The fourth-order valence-corrected chi connectivity index (χ4v) is 7.90. The van der Waals surface area contributed by atoms with Crippen LogP contribution in [0.5, 0.6) is 0 Å². The van der Waals surface area contributed by atoms with E-state index in [0.29, 0.717) is 24.9 Å². The van der Waals surface area contributed by atoms with Gasteiger partial charge in [-0.1, -0.05) is 13.0 Å². The summed E-state index contributed by atoms with van der Waals surface area (Å²) in [5.41, 5.74) is 5.37. The smallest absolute Gasteiger partial charge is 0.261 e. The van der Waals surface area contributed by atoms with Gasteiger partial charge in [0.2, 0.25) is 0 Å². The number of piperidine rings is 1. The summed E-state index contributed by atoms with van der Waals surface area (Å²) in [4.78, 5) is 40.6. The number of aromatic nitrogens is 2. The number of aryl methyl sites for hydroxylation is 2. The second-order valence-corrected chi connectivity index (χ2v) is 11.9. The number of carbonyl (C=O) groups is 1. The van der Waals surface area contributed by atoms with Crippen LogP contribution in [0.2, 0.25) is 0 Å². The zero-order chi connectivity index (χ0) is 26.1. The van der Waals surface area contributed by atoms with Gasteiger partial charge >= 0.3 is 0 Å². The molecule has 0 bridgehead atoms. The molecule has 0 spiro atoms. The van der Waals surface area contributed by atoms with Crippen LogP contribution in [0.3, 0.4) is 0 Å². The Bertz CT molecular complexity index is 1320. The third kappa shape index (κ3) is 5.30. The Balaban J connectivity index is 1.29. The second kappa shape index (κ2) is 10.9. The van der Waals surface area contributed by atoms with E-state index in [1.165, 1.54) is 33.7 Å². The maximum atomic E-state index is 13.4. The first-order valence-electron chi connectivity index (χ1n) is 13.6. The summed E-state index contributed by atoms with van der Waals surface area (Å²) in [5, 5.41) is 0. The minimum atomic E-state index is -0.281. The molecule has 3 aromatic rings. The molecule has 0 saturated carbocycles. The summed E-state index contributed by atoms with van der Waals surface area (Å²) < 4.78 is 0. The number of carbonyl (C=O) groups excluding carboxylic acids is 1. The Kier molecular flexibility index (Phi) is 7.63. The van der Waals surface area contributed by atoms with Crippen molar-refractivity contribution in [2.75, 3.05) is 19.6 Å². The predicted octanol–water partition coefficient (Wildman–Crippen LogP) is 5.36. The topological polar surface area (TPSA) is 69.3 Å². The van der Waals surface area contributed by atoms with Crippen molar-refractivity contribution in [2.45, 2.75) is 72.4 Å². The van der Waals surface area contributed by atoms with Gasteiger partial charge in [-0.05, 0) is 106 Å². The highest BCUT2D eigenvalue weighted by atomic mass is 32.1. The Hall–Kier alpha value is -2.77. The van der Waals surface area contributed by atoms with Crippen molar-refractivity contribution in [3.63, 3.8) is 0 Å². The highest BCUT2D eigenvalue weighted by molar-refractivity contribution is 7.12. The highest BCUT2D eigenvalue weighted by Gasteiger charge is 2.33. The van der Waals surface area contributed by atoms with Crippen molar-refractivity contribution in [3.05, 3.63) is 84.2 Å². The number of aromatic amines is 1. The van der Waals surface area contributed by atoms with Crippen LogP contribution in [-0.4, -0.2) is 45.3 Å². The van der Waals surface area contributed by atoms with Gasteiger partial charge in [0.15, 0.2) is 0 Å². The van der Waals surface area contributed by atoms with Gasteiger partial charge in [-0.2, -0.15) is 0 Å². The van der Waals surface area contributed by atoms with E-state index >= 15 is 0 Å². The third-order valence-corrected chi connectivity index (χ3v) is 9.83. The summed E-state index contributed by atoms with van der Waals surface area (Å²) in [7, 11) is 0. The molecule has 3 aromatic heterocycles. The molecule has 37 heavy (non-hydrogen) atoms. The Labute approximate surface area is 223 Å². The van der Waals surface area contributed by atoms with Crippen LogP contribution < -0.4 is 5.56 Å². The van der Waals surface area contributed by atoms with Crippen LogP contribution in [0.1, 0.15) is 80.3 Å². The van der Waals surface area contributed by atoms with E-state index in [1.807, 2.05) is 48.4 Å². The van der Waals surface area contributed by atoms with Gasteiger partial charge in [0, 0.05) is 41.3 Å². The number of fused-ring (bicyclic) bond motifs is 1. The number of nitrogens with one attached hydrogen (secondary N) is 1. The number of H-pyrrole nitrogens is 1. The molecule has 0 unspecified atom stereocenters. The summed E-state index contributed by atoms with van der Waals surface area (Å²) in [5.74, 6) is 1.11. The lowest BCUT2D eigenvalue weighted by molar-refractivity contribution is 0.0733. The molecule has 1 atom stereocenters. The average molecular weight is 519 g/mol. The number of rotatable bonds is 6. The van der Waals surface area contributed by atoms with E-state index < -0.39 is 0 Å². The molecule has 1 N–H and O–H groups in total. The van der Waals surface area contributed by atoms with Crippen LogP contribution in [0.15, 0.2) is 35.3 Å². The maximum absolute atomic E-state index is 13.4. The number of amides is 1. The monoisotopic (exact) mass is 518 g/mol. The van der Waals surface area contributed by atoms with Crippen LogP contribution >= 0.6 is 11.3 Å². The first-order chi connectivity index (χ1) is 17.9. The minimum absolute atomic E-state index is 0.149.